The quantitative estimate of drug-likeness (QED) is 0.741. The van der Waals surface area contributed by atoms with Gasteiger partial charge in [-0.3, -0.25) is 14.9 Å². The Bertz CT molecular complexity index is 362. The first-order valence-electron chi connectivity index (χ1n) is 7.06. The molecule has 1 unspecified atom stereocenters. The fourth-order valence-electron chi connectivity index (χ4n) is 2.58. The van der Waals surface area contributed by atoms with Crippen molar-refractivity contribution in [1.82, 2.24) is 15.5 Å². The molecule has 2 rings (SSSR count). The third-order valence-corrected chi connectivity index (χ3v) is 3.71. The first-order chi connectivity index (χ1) is 9.16. The Morgan fingerprint density at radius 2 is 1.74 bits per heavy atom. The normalized spacial score (nSPS) is 24.4. The molecular weight excluding hydrogens is 246 g/mol. The molecule has 0 radical (unpaired) electrons. The Labute approximate surface area is 112 Å². The standard InChI is InChI=1S/C13H21N3O3/c17-11(16-8-4-2-1-3-5-9-16)7-6-10-12(18)15-13(19)14-10/h10H,1-9H2,(H2,14,15,18,19). The molecule has 4 amide bonds. The number of amides is 4. The van der Waals surface area contributed by atoms with Crippen LogP contribution >= 0.6 is 0 Å². The maximum Gasteiger partial charge on any atom is 0.322 e. The fraction of sp³-hybridized carbons (Fsp3) is 0.769. The third kappa shape index (κ3) is 3.94. The van der Waals surface area contributed by atoms with E-state index in [1.54, 1.807) is 0 Å². The molecule has 0 bridgehead atoms. The van der Waals surface area contributed by atoms with Crippen molar-refractivity contribution in [2.45, 2.75) is 51.0 Å². The minimum Gasteiger partial charge on any atom is -0.343 e. The zero-order valence-electron chi connectivity index (χ0n) is 11.1. The highest BCUT2D eigenvalue weighted by Gasteiger charge is 2.30. The Morgan fingerprint density at radius 1 is 1.11 bits per heavy atom. The second-order valence-corrected chi connectivity index (χ2v) is 5.20. The summed E-state index contributed by atoms with van der Waals surface area (Å²) in [6.45, 7) is 1.64. The van der Waals surface area contributed by atoms with E-state index in [9.17, 15) is 14.4 Å². The maximum atomic E-state index is 12.1. The molecule has 2 heterocycles. The van der Waals surface area contributed by atoms with Gasteiger partial charge in [0.05, 0.1) is 0 Å². The second kappa shape index (κ2) is 6.54. The fourth-order valence-corrected chi connectivity index (χ4v) is 2.58. The predicted octanol–water partition coefficient (Wildman–Crippen LogP) is 0.767. The summed E-state index contributed by atoms with van der Waals surface area (Å²) in [7, 11) is 0. The summed E-state index contributed by atoms with van der Waals surface area (Å²) in [6.07, 6.45) is 6.45. The predicted molar refractivity (Wildman–Crippen MR) is 69.4 cm³/mol. The van der Waals surface area contributed by atoms with Crippen LogP contribution in [-0.2, 0) is 9.59 Å². The number of rotatable bonds is 3. The van der Waals surface area contributed by atoms with Crippen LogP contribution in [-0.4, -0.2) is 41.9 Å². The van der Waals surface area contributed by atoms with E-state index in [4.69, 9.17) is 0 Å². The molecule has 2 N–H and O–H groups in total. The Balaban J connectivity index is 1.76. The van der Waals surface area contributed by atoms with Crippen LogP contribution in [0.15, 0.2) is 0 Å². The number of carbonyl (C=O) groups excluding carboxylic acids is 3. The maximum absolute atomic E-state index is 12.1. The minimum absolute atomic E-state index is 0.0934. The molecule has 6 heteroatoms. The molecule has 2 saturated heterocycles. The van der Waals surface area contributed by atoms with Gasteiger partial charge in [0.25, 0.3) is 5.91 Å². The Hall–Kier alpha value is -1.59. The Morgan fingerprint density at radius 3 is 2.32 bits per heavy atom. The summed E-state index contributed by atoms with van der Waals surface area (Å²) in [5, 5.41) is 4.69. The number of hydrogen-bond acceptors (Lipinski definition) is 3. The molecule has 2 fully saturated rings. The first kappa shape index (κ1) is 13.8. The smallest absolute Gasteiger partial charge is 0.322 e. The van der Waals surface area contributed by atoms with Crippen molar-refractivity contribution in [3.05, 3.63) is 0 Å². The lowest BCUT2D eigenvalue weighted by atomic mass is 10.1. The van der Waals surface area contributed by atoms with Crippen molar-refractivity contribution in [2.24, 2.45) is 0 Å². The number of carbonyl (C=O) groups is 3. The summed E-state index contributed by atoms with van der Waals surface area (Å²) in [4.78, 5) is 36.3. The van der Waals surface area contributed by atoms with Crippen LogP contribution in [0.2, 0.25) is 0 Å². The Kier molecular flexibility index (Phi) is 4.76. The summed E-state index contributed by atoms with van der Waals surface area (Å²) in [5.41, 5.74) is 0. The number of nitrogens with zero attached hydrogens (tertiary/aromatic N) is 1. The van der Waals surface area contributed by atoms with Gasteiger partial charge in [-0.05, 0) is 19.3 Å². The summed E-state index contributed by atoms with van der Waals surface area (Å²) >= 11 is 0. The lowest BCUT2D eigenvalue weighted by Gasteiger charge is -2.25. The largest absolute Gasteiger partial charge is 0.343 e. The van der Waals surface area contributed by atoms with Gasteiger partial charge >= 0.3 is 6.03 Å². The van der Waals surface area contributed by atoms with Crippen LogP contribution in [0.4, 0.5) is 4.79 Å². The van der Waals surface area contributed by atoms with Crippen LogP contribution in [0.3, 0.4) is 0 Å². The SMILES string of the molecule is O=C1NC(=O)C(CCC(=O)N2CCCCCCC2)N1. The van der Waals surface area contributed by atoms with Gasteiger partial charge in [-0.25, -0.2) is 4.79 Å². The molecule has 106 valence electrons. The van der Waals surface area contributed by atoms with E-state index in [0.717, 1.165) is 25.9 Å². The molecule has 0 saturated carbocycles. The average Bonchev–Trinajstić information content (AvgIpc) is 2.64. The number of urea groups is 1. The molecule has 0 aliphatic carbocycles. The van der Waals surface area contributed by atoms with Gasteiger partial charge < -0.3 is 10.2 Å². The van der Waals surface area contributed by atoms with Gasteiger partial charge in [-0.2, -0.15) is 0 Å². The van der Waals surface area contributed by atoms with Crippen molar-refractivity contribution >= 4 is 17.8 Å². The summed E-state index contributed by atoms with van der Waals surface area (Å²) < 4.78 is 0. The summed E-state index contributed by atoms with van der Waals surface area (Å²) in [5.74, 6) is -0.235. The molecule has 0 aromatic heterocycles. The van der Waals surface area contributed by atoms with Crippen LogP contribution in [0.5, 0.6) is 0 Å². The van der Waals surface area contributed by atoms with Crippen molar-refractivity contribution < 1.29 is 14.4 Å². The van der Waals surface area contributed by atoms with E-state index in [0.29, 0.717) is 12.8 Å². The van der Waals surface area contributed by atoms with E-state index in [1.807, 2.05) is 4.90 Å². The van der Waals surface area contributed by atoms with Crippen molar-refractivity contribution in [3.63, 3.8) is 0 Å². The van der Waals surface area contributed by atoms with E-state index in [2.05, 4.69) is 10.6 Å². The highest BCUT2D eigenvalue weighted by atomic mass is 16.2. The van der Waals surface area contributed by atoms with E-state index in [1.165, 1.54) is 19.3 Å². The van der Waals surface area contributed by atoms with Gasteiger partial charge in [0.1, 0.15) is 6.04 Å². The van der Waals surface area contributed by atoms with Gasteiger partial charge in [-0.1, -0.05) is 19.3 Å². The highest BCUT2D eigenvalue weighted by molar-refractivity contribution is 6.04. The topological polar surface area (TPSA) is 78.5 Å². The highest BCUT2D eigenvalue weighted by Crippen LogP contribution is 2.12. The van der Waals surface area contributed by atoms with Gasteiger partial charge in [-0.15, -0.1) is 0 Å². The molecule has 0 aromatic carbocycles. The number of hydrogen-bond donors (Lipinski definition) is 2. The van der Waals surface area contributed by atoms with Crippen molar-refractivity contribution in [1.29, 1.82) is 0 Å². The zero-order chi connectivity index (χ0) is 13.7. The van der Waals surface area contributed by atoms with Crippen molar-refractivity contribution in [3.8, 4) is 0 Å². The lowest BCUT2D eigenvalue weighted by Crippen LogP contribution is -2.36. The average molecular weight is 267 g/mol. The van der Waals surface area contributed by atoms with Crippen LogP contribution < -0.4 is 10.6 Å². The van der Waals surface area contributed by atoms with E-state index >= 15 is 0 Å². The molecule has 6 nitrogen and oxygen atoms in total. The lowest BCUT2D eigenvalue weighted by molar-refractivity contribution is -0.131. The van der Waals surface area contributed by atoms with Gasteiger partial charge in [0, 0.05) is 19.5 Å². The molecular formula is C13H21N3O3. The molecule has 2 aliphatic rings. The number of likely N-dealkylation sites (tertiary alicyclic amines) is 1. The molecule has 19 heavy (non-hydrogen) atoms. The number of nitrogens with one attached hydrogen (secondary N) is 2. The minimum atomic E-state index is -0.550. The van der Waals surface area contributed by atoms with E-state index in [-0.39, 0.29) is 11.8 Å². The van der Waals surface area contributed by atoms with Crippen molar-refractivity contribution in [2.75, 3.05) is 13.1 Å². The van der Waals surface area contributed by atoms with Crippen LogP contribution in [0, 0.1) is 0 Å². The zero-order valence-corrected chi connectivity index (χ0v) is 11.1. The van der Waals surface area contributed by atoms with Gasteiger partial charge in [0.2, 0.25) is 5.91 Å². The molecule has 0 spiro atoms. The molecule has 1 atom stereocenters. The van der Waals surface area contributed by atoms with Gasteiger partial charge in [0.15, 0.2) is 0 Å². The molecule has 0 aromatic rings. The third-order valence-electron chi connectivity index (χ3n) is 3.71. The second-order valence-electron chi connectivity index (χ2n) is 5.20. The number of imide groups is 1. The monoisotopic (exact) mass is 267 g/mol. The van der Waals surface area contributed by atoms with Crippen LogP contribution in [0.25, 0.3) is 0 Å². The van der Waals surface area contributed by atoms with E-state index < -0.39 is 12.1 Å². The summed E-state index contributed by atoms with van der Waals surface area (Å²) in [6, 6.07) is -1.01. The molecule has 2 aliphatic heterocycles. The first-order valence-corrected chi connectivity index (χ1v) is 7.06. The van der Waals surface area contributed by atoms with Crippen LogP contribution in [0.1, 0.15) is 44.9 Å².